The Morgan fingerprint density at radius 3 is 1.37 bits per heavy atom. The average molecular weight is 753 g/mol. The summed E-state index contributed by atoms with van der Waals surface area (Å²) in [6, 6.07) is 16.2. The number of carbonyl (C=O) groups excluding carboxylic acids is 1. The summed E-state index contributed by atoms with van der Waals surface area (Å²) >= 11 is 0. The van der Waals surface area contributed by atoms with Gasteiger partial charge in [0, 0.05) is 58.2 Å². The van der Waals surface area contributed by atoms with Gasteiger partial charge in [-0.25, -0.2) is 16.8 Å². The van der Waals surface area contributed by atoms with E-state index in [0.29, 0.717) is 38.8 Å². The van der Waals surface area contributed by atoms with Crippen LogP contribution in [0, 0.1) is 0 Å². The van der Waals surface area contributed by atoms with Gasteiger partial charge in [-0.3, -0.25) is 4.79 Å². The Balaban J connectivity index is 0.00000351. The molecule has 2 aromatic carbocycles. The number of rotatable bonds is 12. The molecule has 0 N–H and O–H groups in total. The topological polar surface area (TPSA) is 138 Å². The zero-order valence-electron chi connectivity index (χ0n) is 30.8. The molecule has 0 bridgehead atoms. The van der Waals surface area contributed by atoms with Crippen LogP contribution in [0.25, 0.3) is 0 Å². The van der Waals surface area contributed by atoms with Crippen molar-refractivity contribution in [3.05, 3.63) is 107 Å². The van der Waals surface area contributed by atoms with Gasteiger partial charge in [0.25, 0.3) is 0 Å². The first kappa shape index (κ1) is 43.9. The minimum atomic E-state index is -4.27. The summed E-state index contributed by atoms with van der Waals surface area (Å²) in [5, 5.41) is 0. The Hall–Kier alpha value is -1.51. The summed E-state index contributed by atoms with van der Waals surface area (Å²) in [7, 11) is -8.54. The van der Waals surface area contributed by atoms with E-state index in [9.17, 15) is 30.7 Å². The molecule has 13 heteroatoms. The van der Waals surface area contributed by atoms with Crippen molar-refractivity contribution in [1.29, 1.82) is 0 Å². The summed E-state index contributed by atoms with van der Waals surface area (Å²) in [4.78, 5) is 18.2. The number of carbonyl (C=O) groups is 1. The third-order valence-corrected chi connectivity index (χ3v) is 11.6. The third kappa shape index (κ3) is 10.4. The summed E-state index contributed by atoms with van der Waals surface area (Å²) in [5.74, 6) is -0.760. The van der Waals surface area contributed by atoms with Gasteiger partial charge in [-0.05, 0) is 91.5 Å². The van der Waals surface area contributed by atoms with Gasteiger partial charge in [-0.1, -0.05) is 76.2 Å². The molecule has 0 atom stereocenters. The van der Waals surface area contributed by atoms with Crippen molar-refractivity contribution in [2.75, 3.05) is 34.4 Å². The molecule has 264 valence electrons. The van der Waals surface area contributed by atoms with Crippen LogP contribution in [-0.2, 0) is 35.9 Å². The number of allylic oxidation sites excluding steroid dienone is 8. The second kappa shape index (κ2) is 17.8. The van der Waals surface area contributed by atoms with Crippen LogP contribution in [0.3, 0.4) is 0 Å². The van der Waals surface area contributed by atoms with E-state index in [0.717, 1.165) is 51.5 Å². The van der Waals surface area contributed by atoms with Crippen molar-refractivity contribution in [1.82, 2.24) is 0 Å². The van der Waals surface area contributed by atoms with Crippen LogP contribution in [0.5, 0.6) is 0 Å². The normalized spacial score (nSPS) is 21.2. The number of hydrogen-bond acceptors (Lipinski definition) is 9. The smallest absolute Gasteiger partial charge is 0.748 e. The molecule has 2 heterocycles. The fourth-order valence-corrected chi connectivity index (χ4v) is 8.56. The van der Waals surface area contributed by atoms with Crippen molar-refractivity contribution in [3.63, 3.8) is 0 Å². The van der Waals surface area contributed by atoms with Gasteiger partial charge in [-0.2, -0.15) is 0 Å². The monoisotopic (exact) mass is 752 g/mol. The Bertz CT molecular complexity index is 1810. The molecule has 51 heavy (non-hydrogen) atoms. The quantitative estimate of drug-likeness (QED) is 0.132. The molecule has 0 unspecified atom stereocenters. The van der Waals surface area contributed by atoms with Gasteiger partial charge >= 0.3 is 59.1 Å². The first-order valence-electron chi connectivity index (χ1n) is 17.0. The maximum absolute atomic E-state index is 13.9. The van der Waals surface area contributed by atoms with E-state index >= 15 is 0 Å². The molecule has 0 radical (unpaired) electrons. The number of para-hydroxylation sites is 2. The van der Waals surface area contributed by atoms with E-state index in [-0.39, 0.29) is 100 Å². The number of hydrogen-bond donors (Lipinski definition) is 0. The molecule has 0 spiro atoms. The minimum Gasteiger partial charge on any atom is -0.748 e. The van der Waals surface area contributed by atoms with Crippen LogP contribution in [0.4, 0.5) is 11.4 Å². The minimum absolute atomic E-state index is 0. The zero-order chi connectivity index (χ0) is 35.6. The van der Waals surface area contributed by atoms with Crippen LogP contribution in [0.15, 0.2) is 95.4 Å². The second-order valence-corrected chi connectivity index (χ2v) is 17.2. The predicted molar refractivity (Wildman–Crippen MR) is 192 cm³/mol. The zero-order valence-corrected chi connectivity index (χ0v) is 36.4. The largest absolute Gasteiger partial charge is 1.00 e. The Morgan fingerprint density at radius 2 is 1.00 bits per heavy atom. The molecule has 2 aliphatic heterocycles. The molecule has 1 aliphatic carbocycles. The van der Waals surface area contributed by atoms with E-state index < -0.39 is 20.2 Å². The van der Waals surface area contributed by atoms with Crippen LogP contribution < -0.4 is 68.9 Å². The maximum atomic E-state index is 13.9. The van der Waals surface area contributed by atoms with E-state index in [4.69, 9.17) is 0 Å². The van der Waals surface area contributed by atoms with Gasteiger partial charge in [0.05, 0.1) is 20.2 Å². The van der Waals surface area contributed by atoms with Crippen molar-refractivity contribution in [3.8, 4) is 0 Å². The summed E-state index contributed by atoms with van der Waals surface area (Å²) < 4.78 is 67.0. The fourth-order valence-electron chi connectivity index (χ4n) is 7.44. The predicted octanol–water partition coefficient (Wildman–Crippen LogP) is 0.614. The van der Waals surface area contributed by atoms with Crippen LogP contribution >= 0.6 is 0 Å². The molecule has 0 aromatic heterocycles. The van der Waals surface area contributed by atoms with Gasteiger partial charge in [0.1, 0.15) is 0 Å². The summed E-state index contributed by atoms with van der Waals surface area (Å²) in [6.45, 7) is 9.69. The molecule has 0 saturated heterocycles. The van der Waals surface area contributed by atoms with Gasteiger partial charge in [-0.15, -0.1) is 0 Å². The Labute approximate surface area is 348 Å². The van der Waals surface area contributed by atoms with E-state index in [1.54, 1.807) is 0 Å². The van der Waals surface area contributed by atoms with Gasteiger partial charge in [0.2, 0.25) is 0 Å². The number of Topliss-reactive ketones (excluding diaryl/α,β-unsaturated/α-hetero) is 1. The maximum Gasteiger partial charge on any atom is 1.00 e. The third-order valence-electron chi connectivity index (χ3n) is 10.0. The van der Waals surface area contributed by atoms with E-state index in [1.807, 2.05) is 60.7 Å². The van der Waals surface area contributed by atoms with Crippen LogP contribution in [0.2, 0.25) is 0 Å². The number of nitrogens with zero attached hydrogens (tertiary/aromatic N) is 2. The van der Waals surface area contributed by atoms with Crippen molar-refractivity contribution in [2.24, 2.45) is 0 Å². The molecule has 9 nitrogen and oxygen atoms in total. The first-order valence-corrected chi connectivity index (χ1v) is 20.1. The number of benzene rings is 2. The molecule has 3 aliphatic rings. The molecule has 1 saturated carbocycles. The summed E-state index contributed by atoms with van der Waals surface area (Å²) in [6.07, 6.45) is 11.7. The van der Waals surface area contributed by atoms with E-state index in [1.165, 1.54) is 0 Å². The number of ketones is 1. The average Bonchev–Trinajstić information content (AvgIpc) is 3.37. The van der Waals surface area contributed by atoms with Crippen LogP contribution in [-0.4, -0.2) is 56.3 Å². The number of fused-ring (bicyclic) bond motifs is 2. The molecule has 2 aromatic rings. The van der Waals surface area contributed by atoms with Crippen molar-refractivity contribution >= 4 is 37.4 Å². The van der Waals surface area contributed by atoms with Crippen LogP contribution in [0.1, 0.15) is 83.8 Å². The Kier molecular flexibility index (Phi) is 15.3. The molecule has 5 rings (SSSR count). The molecule has 1 fully saturated rings. The standard InChI is InChI=1S/C38H48N2O7S2.2Na/c1-37(2)30-16-5-7-18-32(30)39(24-9-11-26-48(42,43)44)34(37)22-20-28-14-13-15-29(36(28)41)21-23-35-38(3,4)31-17-6-8-19-33(31)40(35)25-10-12-27-49(45,46)47;;/h5-8,16-23H,9-15,24-27H2,1-4H3,(H,42,43,44)(H,45,46,47);;/q;2*+1/p-2/b28-20+,29-21+,34-22+,35-23+;;. The number of anilines is 2. The van der Waals surface area contributed by atoms with Gasteiger partial charge < -0.3 is 18.9 Å². The number of unbranched alkanes of at least 4 members (excludes halogenated alkanes) is 2. The SMILES string of the molecule is CC1(C)/C(=C\C=C2/CCC/C(=C\C=C3\N(CCCCS(=O)(=O)[O-])c4ccccc4C3(C)C)C2=O)N(CCCCS(=O)(=O)[O-])c2ccccc21.[Na+].[Na+]. The molecule has 0 amide bonds. The van der Waals surface area contributed by atoms with E-state index in [2.05, 4.69) is 49.6 Å². The second-order valence-electron chi connectivity index (χ2n) is 14.2. The summed E-state index contributed by atoms with van der Waals surface area (Å²) in [5.41, 5.74) is 7.20. The Morgan fingerprint density at radius 1 is 0.627 bits per heavy atom. The van der Waals surface area contributed by atoms with Crippen molar-refractivity contribution < 1.29 is 89.9 Å². The fraction of sp³-hybridized carbons (Fsp3) is 0.447. The van der Waals surface area contributed by atoms with Crippen molar-refractivity contribution in [2.45, 2.75) is 83.5 Å². The first-order chi connectivity index (χ1) is 23.0. The molecular formula is C38H46N2Na2O7S2. The van der Waals surface area contributed by atoms with Gasteiger partial charge in [0.15, 0.2) is 5.78 Å². The molecular weight excluding hydrogens is 707 g/mol.